The molecule has 0 unspecified atom stereocenters. The van der Waals surface area contributed by atoms with Crippen LogP contribution in [0.25, 0.3) is 0 Å². The molecule has 0 aromatic rings. The van der Waals surface area contributed by atoms with Crippen LogP contribution in [0.5, 0.6) is 0 Å². The summed E-state index contributed by atoms with van der Waals surface area (Å²) in [6, 6.07) is -0.419. The largest absolute Gasteiger partial charge is 0.481 e. The molecule has 0 bridgehead atoms. The Kier molecular flexibility index (Phi) is 6.12. The highest BCUT2D eigenvalue weighted by Crippen LogP contribution is 2.39. The molecule has 6 nitrogen and oxygen atoms in total. The van der Waals surface area contributed by atoms with Gasteiger partial charge in [0.2, 0.25) is 11.8 Å². The predicted octanol–water partition coefficient (Wildman–Crippen LogP) is 2.56. The quantitative estimate of drug-likeness (QED) is 0.796. The summed E-state index contributed by atoms with van der Waals surface area (Å²) in [5, 5.41) is 12.2. The normalized spacial score (nSPS) is 23.3. The highest BCUT2D eigenvalue weighted by molar-refractivity contribution is 5.90. The number of hydrogen-bond acceptors (Lipinski definition) is 3. The minimum absolute atomic E-state index is 0.00284. The molecule has 1 saturated heterocycles. The summed E-state index contributed by atoms with van der Waals surface area (Å²) in [6.07, 6.45) is 6.46. The first kappa shape index (κ1) is 19.7. The zero-order chi connectivity index (χ0) is 18.7. The average Bonchev–Trinajstić information content (AvgIpc) is 3.00. The fourth-order valence-corrected chi connectivity index (χ4v) is 4.14. The topological polar surface area (TPSA) is 86.7 Å². The lowest BCUT2D eigenvalue weighted by molar-refractivity contribution is -0.145. The van der Waals surface area contributed by atoms with E-state index in [-0.39, 0.29) is 23.7 Å². The maximum absolute atomic E-state index is 12.7. The van der Waals surface area contributed by atoms with Gasteiger partial charge >= 0.3 is 5.97 Å². The van der Waals surface area contributed by atoms with E-state index < -0.39 is 17.4 Å². The molecule has 0 aromatic heterocycles. The van der Waals surface area contributed by atoms with Crippen LogP contribution in [0, 0.1) is 10.8 Å². The third-order valence-corrected chi connectivity index (χ3v) is 5.54. The summed E-state index contributed by atoms with van der Waals surface area (Å²) < 4.78 is 0. The maximum atomic E-state index is 12.7. The van der Waals surface area contributed by atoms with Crippen molar-refractivity contribution in [3.8, 4) is 0 Å². The van der Waals surface area contributed by atoms with Gasteiger partial charge < -0.3 is 15.3 Å². The number of hydrogen-bond donors (Lipinski definition) is 2. The van der Waals surface area contributed by atoms with Crippen LogP contribution in [0.15, 0.2) is 0 Å². The molecule has 2 rings (SSSR count). The van der Waals surface area contributed by atoms with Crippen molar-refractivity contribution in [3.05, 3.63) is 0 Å². The van der Waals surface area contributed by atoms with E-state index in [1.54, 1.807) is 4.90 Å². The fourth-order valence-electron chi connectivity index (χ4n) is 4.14. The van der Waals surface area contributed by atoms with Gasteiger partial charge in [0.25, 0.3) is 0 Å². The van der Waals surface area contributed by atoms with E-state index in [9.17, 15) is 19.5 Å². The smallest absolute Gasteiger partial charge is 0.303 e. The lowest BCUT2D eigenvalue weighted by Crippen LogP contribution is -2.51. The number of carbonyl (C=O) groups is 3. The summed E-state index contributed by atoms with van der Waals surface area (Å²) in [4.78, 5) is 38.2. The Morgan fingerprint density at radius 2 is 1.76 bits per heavy atom. The average molecular weight is 352 g/mol. The van der Waals surface area contributed by atoms with Crippen LogP contribution < -0.4 is 5.32 Å². The van der Waals surface area contributed by atoms with Crippen LogP contribution in [0.4, 0.5) is 0 Å². The molecule has 1 saturated carbocycles. The van der Waals surface area contributed by atoms with Crippen molar-refractivity contribution in [2.45, 2.75) is 78.2 Å². The van der Waals surface area contributed by atoms with Crippen LogP contribution in [0.3, 0.4) is 0 Å². The Morgan fingerprint density at radius 3 is 2.32 bits per heavy atom. The fraction of sp³-hybridized carbons (Fsp3) is 0.842. The van der Waals surface area contributed by atoms with E-state index in [0.29, 0.717) is 19.5 Å². The molecule has 0 spiro atoms. The number of aliphatic carboxylic acids is 1. The van der Waals surface area contributed by atoms with Gasteiger partial charge in [-0.15, -0.1) is 0 Å². The van der Waals surface area contributed by atoms with Crippen LogP contribution in [-0.2, 0) is 14.4 Å². The molecule has 2 amide bonds. The second kappa shape index (κ2) is 7.75. The third-order valence-electron chi connectivity index (χ3n) is 5.54. The number of rotatable bonds is 5. The van der Waals surface area contributed by atoms with Crippen molar-refractivity contribution in [2.24, 2.45) is 10.8 Å². The number of likely N-dealkylation sites (tertiary alicyclic amines) is 1. The molecule has 142 valence electrons. The molecule has 1 atom stereocenters. The van der Waals surface area contributed by atoms with E-state index in [1.165, 1.54) is 0 Å². The van der Waals surface area contributed by atoms with Crippen molar-refractivity contribution >= 4 is 17.8 Å². The van der Waals surface area contributed by atoms with Crippen LogP contribution in [0.2, 0.25) is 0 Å². The van der Waals surface area contributed by atoms with Crippen LogP contribution >= 0.6 is 0 Å². The second-order valence-corrected chi connectivity index (χ2v) is 8.76. The van der Waals surface area contributed by atoms with Gasteiger partial charge in [0.05, 0.1) is 6.42 Å². The third kappa shape index (κ3) is 4.95. The first-order chi connectivity index (χ1) is 11.6. The summed E-state index contributed by atoms with van der Waals surface area (Å²) in [5.74, 6) is -0.935. The van der Waals surface area contributed by atoms with Crippen LogP contribution in [-0.4, -0.2) is 46.9 Å². The van der Waals surface area contributed by atoms with Crippen molar-refractivity contribution < 1.29 is 19.5 Å². The summed E-state index contributed by atoms with van der Waals surface area (Å²) >= 11 is 0. The SMILES string of the molecule is CC(C)(C)C(=O)N1CCC[C@H]1C(=O)NCC1(CC(=O)O)CCCCC1. The highest BCUT2D eigenvalue weighted by atomic mass is 16.4. The van der Waals surface area contributed by atoms with Gasteiger partial charge in [0.1, 0.15) is 6.04 Å². The highest BCUT2D eigenvalue weighted by Gasteiger charge is 2.40. The molecular formula is C19H32N2O4. The molecule has 25 heavy (non-hydrogen) atoms. The molecule has 2 aliphatic rings. The molecule has 0 aromatic carbocycles. The standard InChI is InChI=1S/C19H32N2O4/c1-18(2,3)17(25)21-11-7-8-14(21)16(24)20-13-19(12-15(22)23)9-5-4-6-10-19/h14H,4-13H2,1-3H3,(H,20,24)(H,22,23)/t14-/m0/s1. The van der Waals surface area contributed by atoms with Crippen molar-refractivity contribution in [1.82, 2.24) is 10.2 Å². The van der Waals surface area contributed by atoms with Gasteiger partial charge in [-0.25, -0.2) is 0 Å². The number of amides is 2. The second-order valence-electron chi connectivity index (χ2n) is 8.76. The number of carbonyl (C=O) groups excluding carboxylic acids is 2. The zero-order valence-corrected chi connectivity index (χ0v) is 15.8. The molecule has 2 fully saturated rings. The zero-order valence-electron chi connectivity index (χ0n) is 15.8. The van der Waals surface area contributed by atoms with E-state index >= 15 is 0 Å². The van der Waals surface area contributed by atoms with Gasteiger partial charge in [-0.05, 0) is 31.1 Å². The first-order valence-electron chi connectivity index (χ1n) is 9.45. The summed E-state index contributed by atoms with van der Waals surface area (Å²) in [7, 11) is 0. The monoisotopic (exact) mass is 352 g/mol. The summed E-state index contributed by atoms with van der Waals surface area (Å²) in [6.45, 7) is 6.62. The van der Waals surface area contributed by atoms with E-state index in [1.807, 2.05) is 20.8 Å². The predicted molar refractivity (Wildman–Crippen MR) is 95.0 cm³/mol. The minimum atomic E-state index is -0.804. The molecule has 1 aliphatic carbocycles. The molecular weight excluding hydrogens is 320 g/mol. The minimum Gasteiger partial charge on any atom is -0.481 e. The molecule has 1 aliphatic heterocycles. The van der Waals surface area contributed by atoms with Gasteiger partial charge in [0, 0.05) is 18.5 Å². The molecule has 1 heterocycles. The van der Waals surface area contributed by atoms with Gasteiger partial charge in [0.15, 0.2) is 0 Å². The van der Waals surface area contributed by atoms with E-state index in [0.717, 1.165) is 38.5 Å². The number of carboxylic acids is 1. The lowest BCUT2D eigenvalue weighted by atomic mass is 9.71. The van der Waals surface area contributed by atoms with E-state index in [4.69, 9.17) is 0 Å². The Bertz CT molecular complexity index is 518. The Morgan fingerprint density at radius 1 is 1.12 bits per heavy atom. The van der Waals surface area contributed by atoms with Gasteiger partial charge in [-0.1, -0.05) is 40.0 Å². The molecule has 2 N–H and O–H groups in total. The van der Waals surface area contributed by atoms with Crippen molar-refractivity contribution in [1.29, 1.82) is 0 Å². The van der Waals surface area contributed by atoms with Crippen LogP contribution in [0.1, 0.15) is 72.1 Å². The number of nitrogens with one attached hydrogen (secondary N) is 1. The van der Waals surface area contributed by atoms with Crippen molar-refractivity contribution in [2.75, 3.05) is 13.1 Å². The lowest BCUT2D eigenvalue weighted by Gasteiger charge is -2.37. The first-order valence-corrected chi connectivity index (χ1v) is 9.45. The molecule has 0 radical (unpaired) electrons. The van der Waals surface area contributed by atoms with Crippen molar-refractivity contribution in [3.63, 3.8) is 0 Å². The Balaban J connectivity index is 2.00. The van der Waals surface area contributed by atoms with Gasteiger partial charge in [-0.3, -0.25) is 14.4 Å². The van der Waals surface area contributed by atoms with E-state index in [2.05, 4.69) is 5.32 Å². The maximum Gasteiger partial charge on any atom is 0.303 e. The Labute approximate surface area is 150 Å². The van der Waals surface area contributed by atoms with Gasteiger partial charge in [-0.2, -0.15) is 0 Å². The number of carboxylic acid groups (broad SMARTS) is 1. The Hall–Kier alpha value is -1.59. The molecule has 6 heteroatoms. The number of nitrogens with zero attached hydrogens (tertiary/aromatic N) is 1. The summed E-state index contributed by atoms with van der Waals surface area (Å²) in [5.41, 5.74) is -0.839.